The molecule has 2 amide bonds. The van der Waals surface area contributed by atoms with Crippen LogP contribution in [0, 0.1) is 5.82 Å². The predicted octanol–water partition coefficient (Wildman–Crippen LogP) is 3.99. The van der Waals surface area contributed by atoms with Gasteiger partial charge < -0.3 is 10.2 Å². The Morgan fingerprint density at radius 1 is 0.850 bits per heavy atom. The Kier molecular flexibility index (Phi) is 10.1. The van der Waals surface area contributed by atoms with Crippen molar-refractivity contribution in [1.82, 2.24) is 14.5 Å². The molecule has 0 saturated carbocycles. The van der Waals surface area contributed by atoms with Crippen molar-refractivity contribution in [2.24, 2.45) is 0 Å². The highest BCUT2D eigenvalue weighted by Gasteiger charge is 2.36. The van der Waals surface area contributed by atoms with Crippen LogP contribution in [-0.2, 0) is 32.8 Å². The summed E-state index contributed by atoms with van der Waals surface area (Å²) in [5, 5.41) is 2.97. The van der Waals surface area contributed by atoms with Crippen LogP contribution in [0.15, 0.2) is 84.9 Å². The lowest BCUT2D eigenvalue weighted by molar-refractivity contribution is -0.140. The molecule has 0 bridgehead atoms. The van der Waals surface area contributed by atoms with E-state index in [0.29, 0.717) is 0 Å². The third-order valence-electron chi connectivity index (χ3n) is 6.10. The van der Waals surface area contributed by atoms with Crippen LogP contribution in [0.3, 0.4) is 0 Å². The van der Waals surface area contributed by atoms with Crippen molar-refractivity contribution in [2.45, 2.75) is 45.3 Å². The van der Waals surface area contributed by atoms with Crippen molar-refractivity contribution >= 4 is 27.7 Å². The van der Waals surface area contributed by atoms with Crippen LogP contribution in [0.4, 0.5) is 10.1 Å². The molecule has 3 rings (SSSR count). The first-order chi connectivity index (χ1) is 18.8. The zero-order valence-electron chi connectivity index (χ0n) is 23.5. The van der Waals surface area contributed by atoms with E-state index in [1.54, 1.807) is 0 Å². The van der Waals surface area contributed by atoms with Gasteiger partial charge in [0, 0.05) is 32.6 Å². The molecule has 0 spiro atoms. The van der Waals surface area contributed by atoms with Crippen molar-refractivity contribution in [1.29, 1.82) is 0 Å². The molecule has 3 aromatic carbocycles. The number of hydrogen-bond acceptors (Lipinski definition) is 4. The van der Waals surface area contributed by atoms with E-state index in [1.807, 2.05) is 81.4 Å². The van der Waals surface area contributed by atoms with Gasteiger partial charge in [-0.15, -0.1) is 0 Å². The van der Waals surface area contributed by atoms with E-state index in [9.17, 15) is 22.4 Å². The van der Waals surface area contributed by atoms with E-state index in [4.69, 9.17) is 0 Å². The molecule has 1 atom stereocenters. The number of nitrogens with zero attached hydrogens (tertiary/aromatic N) is 3. The maximum Gasteiger partial charge on any atom is 0.304 e. The molecule has 0 heterocycles. The minimum atomic E-state index is -4.27. The zero-order chi connectivity index (χ0) is 29.5. The van der Waals surface area contributed by atoms with E-state index >= 15 is 0 Å². The van der Waals surface area contributed by atoms with Gasteiger partial charge in [-0.1, -0.05) is 72.8 Å². The molecule has 0 aromatic heterocycles. The van der Waals surface area contributed by atoms with Gasteiger partial charge in [-0.3, -0.25) is 9.59 Å². The first-order valence-electron chi connectivity index (χ1n) is 12.9. The summed E-state index contributed by atoms with van der Waals surface area (Å²) >= 11 is 0. The second kappa shape index (κ2) is 13.1. The number of benzene rings is 3. The first kappa shape index (κ1) is 30.8. The number of nitrogens with one attached hydrogen (secondary N) is 1. The lowest BCUT2D eigenvalue weighted by atomic mass is 10.0. The van der Waals surface area contributed by atoms with Gasteiger partial charge in [0.2, 0.25) is 11.8 Å². The highest BCUT2D eigenvalue weighted by Crippen LogP contribution is 2.24. The molecule has 0 aliphatic heterocycles. The minimum Gasteiger partial charge on any atom is -0.350 e. The Balaban J connectivity index is 2.10. The van der Waals surface area contributed by atoms with Crippen molar-refractivity contribution < 1.29 is 22.4 Å². The fourth-order valence-electron chi connectivity index (χ4n) is 4.14. The molecule has 3 aromatic rings. The van der Waals surface area contributed by atoms with Crippen molar-refractivity contribution in [3.05, 3.63) is 102 Å². The van der Waals surface area contributed by atoms with Gasteiger partial charge in [0.05, 0.1) is 5.69 Å². The number of carbonyl (C=O) groups is 2. The average molecular weight is 569 g/mol. The summed E-state index contributed by atoms with van der Waals surface area (Å²) in [7, 11) is -1.65. The minimum absolute atomic E-state index is 0.0435. The second-order valence-electron chi connectivity index (χ2n) is 10.7. The first-order valence-corrected chi connectivity index (χ1v) is 14.3. The smallest absolute Gasteiger partial charge is 0.304 e. The number of anilines is 1. The molecule has 0 aliphatic carbocycles. The molecule has 0 unspecified atom stereocenters. The summed E-state index contributed by atoms with van der Waals surface area (Å²) in [4.78, 5) is 29.2. The van der Waals surface area contributed by atoms with Crippen LogP contribution >= 0.6 is 0 Å². The summed E-state index contributed by atoms with van der Waals surface area (Å²) in [6.45, 7) is 4.87. The average Bonchev–Trinajstić information content (AvgIpc) is 2.89. The Morgan fingerprint density at radius 2 is 1.38 bits per heavy atom. The third kappa shape index (κ3) is 8.12. The number of halogens is 1. The van der Waals surface area contributed by atoms with Gasteiger partial charge in [-0.05, 0) is 44.0 Å². The highest BCUT2D eigenvalue weighted by atomic mass is 32.2. The third-order valence-corrected chi connectivity index (χ3v) is 7.91. The van der Waals surface area contributed by atoms with E-state index in [1.165, 1.54) is 37.2 Å². The fraction of sp³-hybridized carbons (Fsp3) is 0.333. The molecule has 10 heteroatoms. The normalized spacial score (nSPS) is 12.6. The molecule has 0 saturated heterocycles. The van der Waals surface area contributed by atoms with Gasteiger partial charge in [-0.2, -0.15) is 12.7 Å². The van der Waals surface area contributed by atoms with Crippen molar-refractivity contribution in [3.8, 4) is 0 Å². The van der Waals surface area contributed by atoms with E-state index in [0.717, 1.165) is 25.8 Å². The maximum atomic E-state index is 14.9. The molecule has 0 radical (unpaired) electrons. The molecular weight excluding hydrogens is 531 g/mol. The number of carbonyl (C=O) groups excluding carboxylic acids is 2. The van der Waals surface area contributed by atoms with Crippen LogP contribution in [0.2, 0.25) is 0 Å². The maximum absolute atomic E-state index is 14.9. The Morgan fingerprint density at radius 3 is 1.90 bits per heavy atom. The molecule has 0 fully saturated rings. The number of hydrogen-bond donors (Lipinski definition) is 1. The van der Waals surface area contributed by atoms with Gasteiger partial charge in [0.15, 0.2) is 0 Å². The van der Waals surface area contributed by atoms with Crippen molar-refractivity contribution in [2.75, 3.05) is 24.9 Å². The van der Waals surface area contributed by atoms with Crippen LogP contribution < -0.4 is 9.62 Å². The van der Waals surface area contributed by atoms with E-state index in [2.05, 4.69) is 5.32 Å². The van der Waals surface area contributed by atoms with Gasteiger partial charge in [-0.25, -0.2) is 8.70 Å². The van der Waals surface area contributed by atoms with Crippen LogP contribution in [0.25, 0.3) is 0 Å². The van der Waals surface area contributed by atoms with Gasteiger partial charge in [0.1, 0.15) is 18.4 Å². The Bertz CT molecular complexity index is 1390. The summed E-state index contributed by atoms with van der Waals surface area (Å²) in [6.07, 6.45) is 0.196. The molecule has 8 nitrogen and oxygen atoms in total. The summed E-state index contributed by atoms with van der Waals surface area (Å²) < 4.78 is 43.2. The van der Waals surface area contributed by atoms with Crippen LogP contribution in [0.1, 0.15) is 31.9 Å². The molecule has 40 heavy (non-hydrogen) atoms. The molecule has 214 valence electrons. The monoisotopic (exact) mass is 568 g/mol. The van der Waals surface area contributed by atoms with Gasteiger partial charge >= 0.3 is 10.2 Å². The zero-order valence-corrected chi connectivity index (χ0v) is 24.4. The standard InChI is InChI=1S/C30H37FN4O4S/c1-30(2,3)32-29(37)27(20-23-14-8-6-9-15-23)34(21-24-16-10-7-11-17-24)28(36)22-35(40(38,39)33(4)5)26-19-13-12-18-25(26)31/h6-19,27H,20-22H2,1-5H3,(H,32,37)/t27-/m1/s1. The Hall–Kier alpha value is -3.76. The summed E-state index contributed by atoms with van der Waals surface area (Å²) in [5.41, 5.74) is 0.739. The molecule has 0 aliphatic rings. The highest BCUT2D eigenvalue weighted by molar-refractivity contribution is 7.90. The van der Waals surface area contributed by atoms with Crippen molar-refractivity contribution in [3.63, 3.8) is 0 Å². The number of para-hydroxylation sites is 1. The van der Waals surface area contributed by atoms with E-state index < -0.39 is 40.1 Å². The lowest BCUT2D eigenvalue weighted by Gasteiger charge is -2.35. The summed E-state index contributed by atoms with van der Waals surface area (Å²) in [5.74, 6) is -1.82. The topological polar surface area (TPSA) is 90.0 Å². The van der Waals surface area contributed by atoms with E-state index in [-0.39, 0.29) is 24.6 Å². The van der Waals surface area contributed by atoms with Crippen LogP contribution in [0.5, 0.6) is 0 Å². The van der Waals surface area contributed by atoms with Gasteiger partial charge in [0.25, 0.3) is 0 Å². The summed E-state index contributed by atoms with van der Waals surface area (Å²) in [6, 6.07) is 22.8. The SMILES string of the molecule is CN(C)S(=O)(=O)N(CC(=O)N(Cc1ccccc1)[C@H](Cc1ccccc1)C(=O)NC(C)(C)C)c1ccccc1F. The molecular formula is C30H37FN4O4S. The van der Waals surface area contributed by atoms with Crippen LogP contribution in [-0.4, -0.2) is 61.7 Å². The quantitative estimate of drug-likeness (QED) is 0.379. The predicted molar refractivity (Wildman–Crippen MR) is 155 cm³/mol. The second-order valence-corrected chi connectivity index (χ2v) is 12.8. The fourth-order valence-corrected chi connectivity index (χ4v) is 5.21. The number of rotatable bonds is 11. The molecule has 1 N–H and O–H groups in total. The lowest BCUT2D eigenvalue weighted by Crippen LogP contribution is -2.56. The number of amides is 2. The Labute approximate surface area is 236 Å². The largest absolute Gasteiger partial charge is 0.350 e.